The molecule has 6 heteroatoms. The summed E-state index contributed by atoms with van der Waals surface area (Å²) in [5.74, 6) is 0. The molecule has 0 aromatic heterocycles. The SMILES string of the molecule is O=C[C@@H](O)[C@H](O)CCNC(=O)OCc1ccccc1. The average Bonchev–Trinajstić information content (AvgIpc) is 2.45. The van der Waals surface area contributed by atoms with Crippen molar-refractivity contribution < 1.29 is 24.5 Å². The van der Waals surface area contributed by atoms with Crippen LogP contribution < -0.4 is 5.32 Å². The van der Waals surface area contributed by atoms with E-state index >= 15 is 0 Å². The van der Waals surface area contributed by atoms with Gasteiger partial charge in [-0.3, -0.25) is 0 Å². The predicted octanol–water partition coefficient (Wildman–Crippen LogP) is 0.224. The molecule has 0 heterocycles. The lowest BCUT2D eigenvalue weighted by Gasteiger charge is -2.12. The second kappa shape index (κ2) is 8.23. The number of rotatable bonds is 7. The molecule has 19 heavy (non-hydrogen) atoms. The number of hydrogen-bond acceptors (Lipinski definition) is 5. The molecule has 0 aliphatic carbocycles. The number of aliphatic hydroxyl groups excluding tert-OH is 2. The van der Waals surface area contributed by atoms with Gasteiger partial charge < -0.3 is 25.1 Å². The lowest BCUT2D eigenvalue weighted by molar-refractivity contribution is -0.120. The number of hydrogen-bond donors (Lipinski definition) is 3. The molecule has 0 radical (unpaired) electrons. The van der Waals surface area contributed by atoms with Crippen LogP contribution in [0.2, 0.25) is 0 Å². The molecule has 3 N–H and O–H groups in total. The Morgan fingerprint density at radius 3 is 2.63 bits per heavy atom. The number of ether oxygens (including phenoxy) is 1. The molecular weight excluding hydrogens is 250 g/mol. The third-order valence-corrected chi connectivity index (χ3v) is 2.46. The zero-order chi connectivity index (χ0) is 14.1. The Hall–Kier alpha value is -1.92. The number of benzene rings is 1. The molecule has 0 unspecified atom stereocenters. The second-order valence-corrected chi connectivity index (χ2v) is 3.97. The Kier molecular flexibility index (Phi) is 6.56. The van der Waals surface area contributed by atoms with Crippen molar-refractivity contribution in [3.63, 3.8) is 0 Å². The van der Waals surface area contributed by atoms with Crippen molar-refractivity contribution in [3.05, 3.63) is 35.9 Å². The molecule has 2 atom stereocenters. The minimum absolute atomic E-state index is 0.0698. The molecule has 0 bridgehead atoms. The van der Waals surface area contributed by atoms with Crippen LogP contribution in [0, 0.1) is 0 Å². The van der Waals surface area contributed by atoms with Crippen molar-refractivity contribution in [2.75, 3.05) is 6.54 Å². The summed E-state index contributed by atoms with van der Waals surface area (Å²) >= 11 is 0. The van der Waals surface area contributed by atoms with E-state index in [0.29, 0.717) is 0 Å². The Morgan fingerprint density at radius 2 is 2.00 bits per heavy atom. The highest BCUT2D eigenvalue weighted by Crippen LogP contribution is 2.00. The van der Waals surface area contributed by atoms with E-state index in [1.807, 2.05) is 30.3 Å². The second-order valence-electron chi connectivity index (χ2n) is 3.97. The van der Waals surface area contributed by atoms with E-state index in [1.165, 1.54) is 0 Å². The Labute approximate surface area is 111 Å². The molecule has 0 saturated carbocycles. The standard InChI is InChI=1S/C13H17NO5/c15-8-12(17)11(16)6-7-14-13(18)19-9-10-4-2-1-3-5-10/h1-5,8,11-12,16-17H,6-7,9H2,(H,14,18)/t11-,12-/m1/s1. The summed E-state index contributed by atoms with van der Waals surface area (Å²) in [6.07, 6.45) is -2.91. The minimum Gasteiger partial charge on any atom is -0.445 e. The summed E-state index contributed by atoms with van der Waals surface area (Å²) in [4.78, 5) is 21.5. The fourth-order valence-corrected chi connectivity index (χ4v) is 1.36. The number of carbonyl (C=O) groups is 2. The van der Waals surface area contributed by atoms with Crippen LogP contribution in [0.4, 0.5) is 4.79 Å². The maximum atomic E-state index is 11.3. The first-order valence-corrected chi connectivity index (χ1v) is 5.89. The summed E-state index contributed by atoms with van der Waals surface area (Å²) in [6, 6.07) is 9.21. The van der Waals surface area contributed by atoms with Crippen LogP contribution in [0.15, 0.2) is 30.3 Å². The molecule has 1 aromatic carbocycles. The van der Waals surface area contributed by atoms with E-state index in [2.05, 4.69) is 5.32 Å². The van der Waals surface area contributed by atoms with Crippen LogP contribution in [0.5, 0.6) is 0 Å². The number of amides is 1. The van der Waals surface area contributed by atoms with Gasteiger partial charge in [-0.2, -0.15) is 0 Å². The molecular formula is C13H17NO5. The largest absolute Gasteiger partial charge is 0.445 e. The van der Waals surface area contributed by atoms with Gasteiger partial charge in [0.2, 0.25) is 0 Å². The van der Waals surface area contributed by atoms with E-state index in [1.54, 1.807) is 0 Å². The van der Waals surface area contributed by atoms with Gasteiger partial charge in [-0.15, -0.1) is 0 Å². The number of aldehydes is 1. The summed E-state index contributed by atoms with van der Waals surface area (Å²) in [5, 5.41) is 20.7. The van der Waals surface area contributed by atoms with E-state index in [0.717, 1.165) is 5.56 Å². The topological polar surface area (TPSA) is 95.9 Å². The molecule has 104 valence electrons. The molecule has 0 fully saturated rings. The Morgan fingerprint density at radius 1 is 1.32 bits per heavy atom. The predicted molar refractivity (Wildman–Crippen MR) is 67.3 cm³/mol. The first kappa shape index (κ1) is 15.1. The highest BCUT2D eigenvalue weighted by atomic mass is 16.5. The van der Waals surface area contributed by atoms with Crippen molar-refractivity contribution in [3.8, 4) is 0 Å². The van der Waals surface area contributed by atoms with Crippen LogP contribution >= 0.6 is 0 Å². The third kappa shape index (κ3) is 5.98. The average molecular weight is 267 g/mol. The van der Waals surface area contributed by atoms with Crippen LogP contribution in [-0.2, 0) is 16.1 Å². The van der Waals surface area contributed by atoms with Crippen molar-refractivity contribution in [1.29, 1.82) is 0 Å². The van der Waals surface area contributed by atoms with Gasteiger partial charge in [0.1, 0.15) is 12.7 Å². The van der Waals surface area contributed by atoms with Crippen molar-refractivity contribution in [1.82, 2.24) is 5.32 Å². The van der Waals surface area contributed by atoms with Gasteiger partial charge in [0.05, 0.1) is 6.10 Å². The van der Waals surface area contributed by atoms with E-state index in [4.69, 9.17) is 9.84 Å². The van der Waals surface area contributed by atoms with Crippen molar-refractivity contribution in [2.45, 2.75) is 25.2 Å². The summed E-state index contributed by atoms with van der Waals surface area (Å²) in [6.45, 7) is 0.270. The Balaban J connectivity index is 2.16. The molecule has 1 rings (SSSR count). The van der Waals surface area contributed by atoms with Crippen LogP contribution in [0.3, 0.4) is 0 Å². The van der Waals surface area contributed by atoms with Gasteiger partial charge in [0.15, 0.2) is 6.29 Å². The highest BCUT2D eigenvalue weighted by molar-refractivity contribution is 5.67. The first-order chi connectivity index (χ1) is 9.13. The minimum atomic E-state index is -1.43. The first-order valence-electron chi connectivity index (χ1n) is 5.89. The highest BCUT2D eigenvalue weighted by Gasteiger charge is 2.14. The van der Waals surface area contributed by atoms with Crippen molar-refractivity contribution in [2.24, 2.45) is 0 Å². The molecule has 0 aliphatic heterocycles. The van der Waals surface area contributed by atoms with Gasteiger partial charge in [-0.25, -0.2) is 4.79 Å². The molecule has 1 amide bonds. The third-order valence-electron chi connectivity index (χ3n) is 2.46. The van der Waals surface area contributed by atoms with Gasteiger partial charge in [0.25, 0.3) is 0 Å². The van der Waals surface area contributed by atoms with Crippen molar-refractivity contribution >= 4 is 12.4 Å². The van der Waals surface area contributed by atoms with Gasteiger partial charge in [-0.1, -0.05) is 30.3 Å². The van der Waals surface area contributed by atoms with Gasteiger partial charge >= 0.3 is 6.09 Å². The number of carbonyl (C=O) groups excluding carboxylic acids is 2. The number of aliphatic hydroxyl groups is 2. The zero-order valence-corrected chi connectivity index (χ0v) is 10.4. The molecule has 0 saturated heterocycles. The molecule has 0 spiro atoms. The smallest absolute Gasteiger partial charge is 0.407 e. The summed E-state index contributed by atoms with van der Waals surface area (Å²) in [7, 11) is 0. The monoisotopic (exact) mass is 267 g/mol. The quantitative estimate of drug-likeness (QED) is 0.614. The van der Waals surface area contributed by atoms with E-state index in [-0.39, 0.29) is 25.9 Å². The van der Waals surface area contributed by atoms with E-state index in [9.17, 15) is 14.7 Å². The fraction of sp³-hybridized carbons (Fsp3) is 0.385. The van der Waals surface area contributed by atoms with E-state index < -0.39 is 18.3 Å². The van der Waals surface area contributed by atoms with Crippen LogP contribution in [0.25, 0.3) is 0 Å². The lowest BCUT2D eigenvalue weighted by Crippen LogP contribution is -2.33. The molecule has 0 aliphatic rings. The molecule has 6 nitrogen and oxygen atoms in total. The normalized spacial score (nSPS) is 13.4. The number of nitrogens with one attached hydrogen (secondary N) is 1. The van der Waals surface area contributed by atoms with Crippen LogP contribution in [-0.4, -0.2) is 41.3 Å². The fourth-order valence-electron chi connectivity index (χ4n) is 1.36. The summed E-state index contributed by atoms with van der Waals surface area (Å²) < 4.78 is 4.93. The molecule has 1 aromatic rings. The Bertz CT molecular complexity index is 395. The lowest BCUT2D eigenvalue weighted by atomic mass is 10.1. The maximum Gasteiger partial charge on any atom is 0.407 e. The van der Waals surface area contributed by atoms with Gasteiger partial charge in [0, 0.05) is 6.54 Å². The summed E-state index contributed by atoms with van der Waals surface area (Å²) in [5.41, 5.74) is 0.870. The van der Waals surface area contributed by atoms with Gasteiger partial charge in [-0.05, 0) is 12.0 Å². The maximum absolute atomic E-state index is 11.3. The van der Waals surface area contributed by atoms with Crippen LogP contribution in [0.1, 0.15) is 12.0 Å². The zero-order valence-electron chi connectivity index (χ0n) is 10.4. The number of alkyl carbamates (subject to hydrolysis) is 1.